The van der Waals surface area contributed by atoms with Crippen LogP contribution < -0.4 is 10.1 Å². The second-order valence-corrected chi connectivity index (χ2v) is 10.1. The molecule has 4 amide bonds. The van der Waals surface area contributed by atoms with E-state index in [0.717, 1.165) is 31.2 Å². The number of esters is 1. The molecule has 174 valence electrons. The summed E-state index contributed by atoms with van der Waals surface area (Å²) in [5, 5.41) is 2.31. The maximum atomic E-state index is 13.3. The zero-order valence-corrected chi connectivity index (χ0v) is 20.1. The number of barbiturate groups is 1. The average Bonchev–Trinajstić information content (AvgIpc) is 3.42. The van der Waals surface area contributed by atoms with Crippen molar-refractivity contribution in [2.24, 2.45) is 11.8 Å². The largest absolute Gasteiger partial charge is 0.422 e. The Labute approximate surface area is 205 Å². The highest BCUT2D eigenvalue weighted by molar-refractivity contribution is 9.10. The van der Waals surface area contributed by atoms with Crippen LogP contribution in [0, 0.1) is 18.8 Å². The van der Waals surface area contributed by atoms with E-state index in [1.165, 1.54) is 11.0 Å². The topological polar surface area (TPSA) is 92.8 Å². The fourth-order valence-electron chi connectivity index (χ4n) is 5.23. The Hall–Kier alpha value is -3.26. The van der Waals surface area contributed by atoms with Gasteiger partial charge in [0.2, 0.25) is 0 Å². The molecule has 3 fully saturated rings. The molecule has 1 N–H and O–H groups in total. The van der Waals surface area contributed by atoms with E-state index in [4.69, 9.17) is 4.74 Å². The van der Waals surface area contributed by atoms with Gasteiger partial charge in [0.1, 0.15) is 11.3 Å². The number of halogens is 1. The van der Waals surface area contributed by atoms with E-state index in [1.54, 1.807) is 30.3 Å². The molecule has 1 saturated heterocycles. The Kier molecular flexibility index (Phi) is 5.85. The smallest absolute Gasteiger partial charge is 0.343 e. The Balaban J connectivity index is 1.45. The third-order valence-corrected chi connectivity index (χ3v) is 7.42. The number of hydrogen-bond acceptors (Lipinski definition) is 5. The van der Waals surface area contributed by atoms with Gasteiger partial charge in [-0.2, -0.15) is 0 Å². The van der Waals surface area contributed by atoms with Gasteiger partial charge in [-0.25, -0.2) is 9.59 Å². The second-order valence-electron chi connectivity index (χ2n) is 9.17. The molecule has 7 nitrogen and oxygen atoms in total. The number of imide groups is 2. The third-order valence-electron chi connectivity index (χ3n) is 6.93. The molecule has 34 heavy (non-hydrogen) atoms. The minimum atomic E-state index is -0.759. The number of carbonyl (C=O) groups excluding carboxylic acids is 4. The number of benzene rings is 2. The average molecular weight is 523 g/mol. The van der Waals surface area contributed by atoms with Crippen LogP contribution in [0.15, 0.2) is 52.5 Å². The standard InChI is InChI=1S/C26H23BrN2O5/c1-14-2-5-16(6-3-14)25(32)34-22-9-8-19(27)12-18(22)13-20-23(30)28-26(33)29(24(20)31)21-11-15-4-7-17(21)10-15/h2-3,5-6,8-9,12-13,15,17,21H,4,7,10-11H2,1H3,(H,28,30,33)/b20-13-/t15-,17-,21-/m0/s1. The van der Waals surface area contributed by atoms with Crippen LogP contribution in [-0.4, -0.2) is 34.8 Å². The van der Waals surface area contributed by atoms with Crippen molar-refractivity contribution in [3.63, 3.8) is 0 Å². The van der Waals surface area contributed by atoms with Gasteiger partial charge in [0, 0.05) is 16.1 Å². The van der Waals surface area contributed by atoms with Gasteiger partial charge in [0.15, 0.2) is 0 Å². The van der Waals surface area contributed by atoms with E-state index < -0.39 is 23.8 Å². The van der Waals surface area contributed by atoms with E-state index in [-0.39, 0.29) is 23.3 Å². The summed E-state index contributed by atoms with van der Waals surface area (Å²) in [4.78, 5) is 52.5. The fourth-order valence-corrected chi connectivity index (χ4v) is 5.61. The van der Waals surface area contributed by atoms with Gasteiger partial charge in [0.05, 0.1) is 5.56 Å². The van der Waals surface area contributed by atoms with Crippen molar-refractivity contribution >= 4 is 45.8 Å². The van der Waals surface area contributed by atoms with Gasteiger partial charge >= 0.3 is 12.0 Å². The first-order chi connectivity index (χ1) is 16.3. The predicted octanol–water partition coefficient (Wildman–Crippen LogP) is 4.63. The van der Waals surface area contributed by atoms with Crippen LogP contribution in [0.4, 0.5) is 4.79 Å². The van der Waals surface area contributed by atoms with Crippen molar-refractivity contribution in [1.29, 1.82) is 0 Å². The summed E-state index contributed by atoms with van der Waals surface area (Å²) < 4.78 is 6.28. The molecule has 2 saturated carbocycles. The zero-order valence-electron chi connectivity index (χ0n) is 18.5. The lowest BCUT2D eigenvalue weighted by Gasteiger charge is -2.35. The summed E-state index contributed by atoms with van der Waals surface area (Å²) in [5.41, 5.74) is 1.61. The second kappa shape index (κ2) is 8.83. The first-order valence-electron chi connectivity index (χ1n) is 11.3. The molecule has 2 aliphatic carbocycles. The molecular formula is C26H23BrN2O5. The molecule has 3 atom stereocenters. The Morgan fingerprint density at radius 1 is 1.09 bits per heavy atom. The summed E-state index contributed by atoms with van der Waals surface area (Å²) in [5.74, 6) is -0.915. The van der Waals surface area contributed by atoms with Gasteiger partial charge in [-0.3, -0.25) is 19.8 Å². The molecule has 8 heteroatoms. The van der Waals surface area contributed by atoms with E-state index in [2.05, 4.69) is 21.2 Å². The number of aryl methyl sites for hydroxylation is 1. The van der Waals surface area contributed by atoms with Crippen LogP contribution >= 0.6 is 15.9 Å². The van der Waals surface area contributed by atoms with Gasteiger partial charge in [-0.1, -0.05) is 40.0 Å². The summed E-state index contributed by atoms with van der Waals surface area (Å²) >= 11 is 3.39. The SMILES string of the molecule is Cc1ccc(C(=O)Oc2ccc(Br)cc2/C=C2/C(=O)NC(=O)N([C@H]3C[C@H]4CC[C@H]3C4)C2=O)cc1. The number of amides is 4. The van der Waals surface area contributed by atoms with Crippen LogP contribution in [0.5, 0.6) is 5.75 Å². The minimum Gasteiger partial charge on any atom is -0.422 e. The number of hydrogen-bond donors (Lipinski definition) is 1. The quantitative estimate of drug-likeness (QED) is 0.273. The Morgan fingerprint density at radius 3 is 2.53 bits per heavy atom. The Morgan fingerprint density at radius 2 is 1.85 bits per heavy atom. The Bertz CT molecular complexity index is 1240. The van der Waals surface area contributed by atoms with Crippen LogP contribution in [0.1, 0.15) is 47.2 Å². The zero-order chi connectivity index (χ0) is 24.0. The molecule has 5 rings (SSSR count). The molecule has 0 aromatic heterocycles. The van der Waals surface area contributed by atoms with E-state index in [1.807, 2.05) is 19.1 Å². The third kappa shape index (κ3) is 4.18. The van der Waals surface area contributed by atoms with E-state index in [0.29, 0.717) is 21.5 Å². The van der Waals surface area contributed by atoms with Crippen LogP contribution in [0.2, 0.25) is 0 Å². The monoisotopic (exact) mass is 522 g/mol. The van der Waals surface area contributed by atoms with E-state index >= 15 is 0 Å². The highest BCUT2D eigenvalue weighted by atomic mass is 79.9. The molecule has 1 heterocycles. The summed E-state index contributed by atoms with van der Waals surface area (Å²) in [6.07, 6.45) is 5.29. The fraction of sp³-hybridized carbons (Fsp3) is 0.308. The van der Waals surface area contributed by atoms with Crippen LogP contribution in [0.3, 0.4) is 0 Å². The number of nitrogens with zero attached hydrogens (tertiary/aromatic N) is 1. The maximum absolute atomic E-state index is 13.3. The van der Waals surface area contributed by atoms with Gasteiger partial charge in [0.25, 0.3) is 11.8 Å². The van der Waals surface area contributed by atoms with Gasteiger partial charge < -0.3 is 4.74 Å². The molecular weight excluding hydrogens is 500 g/mol. The summed E-state index contributed by atoms with van der Waals surface area (Å²) in [6.45, 7) is 1.92. The molecule has 2 aromatic carbocycles. The lowest BCUT2D eigenvalue weighted by molar-refractivity contribution is -0.132. The number of fused-ring (bicyclic) bond motifs is 2. The summed E-state index contributed by atoms with van der Waals surface area (Å²) in [7, 11) is 0. The van der Waals surface area contributed by atoms with Gasteiger partial charge in [-0.05, 0) is 74.4 Å². The van der Waals surface area contributed by atoms with Crippen molar-refractivity contribution < 1.29 is 23.9 Å². The normalized spacial score (nSPS) is 25.1. The number of urea groups is 1. The molecule has 0 unspecified atom stereocenters. The number of nitrogens with one attached hydrogen (secondary N) is 1. The molecule has 1 aliphatic heterocycles. The van der Waals surface area contributed by atoms with Crippen LogP contribution in [0.25, 0.3) is 6.08 Å². The number of rotatable bonds is 4. The molecule has 2 aromatic rings. The van der Waals surface area contributed by atoms with Crippen molar-refractivity contribution in [2.45, 2.75) is 38.6 Å². The maximum Gasteiger partial charge on any atom is 0.343 e. The lowest BCUT2D eigenvalue weighted by atomic mass is 9.93. The summed E-state index contributed by atoms with van der Waals surface area (Å²) in [6, 6.07) is 11.1. The van der Waals surface area contributed by atoms with E-state index in [9.17, 15) is 19.2 Å². The highest BCUT2D eigenvalue weighted by Crippen LogP contribution is 2.47. The number of carbonyl (C=O) groups is 4. The first kappa shape index (κ1) is 22.5. The minimum absolute atomic E-state index is 0.159. The highest BCUT2D eigenvalue weighted by Gasteiger charge is 2.49. The first-order valence-corrected chi connectivity index (χ1v) is 12.1. The van der Waals surface area contributed by atoms with Crippen molar-refractivity contribution in [1.82, 2.24) is 10.2 Å². The molecule has 0 radical (unpaired) electrons. The molecule has 3 aliphatic rings. The number of ether oxygens (including phenoxy) is 1. The molecule has 2 bridgehead atoms. The van der Waals surface area contributed by atoms with Crippen LogP contribution in [-0.2, 0) is 9.59 Å². The lowest BCUT2D eigenvalue weighted by Crippen LogP contribution is -2.58. The predicted molar refractivity (Wildman–Crippen MR) is 128 cm³/mol. The van der Waals surface area contributed by atoms with Crippen molar-refractivity contribution in [2.75, 3.05) is 0 Å². The van der Waals surface area contributed by atoms with Crippen molar-refractivity contribution in [3.8, 4) is 5.75 Å². The van der Waals surface area contributed by atoms with Crippen molar-refractivity contribution in [3.05, 3.63) is 69.2 Å². The van der Waals surface area contributed by atoms with Gasteiger partial charge in [-0.15, -0.1) is 0 Å². The molecule has 0 spiro atoms.